The van der Waals surface area contributed by atoms with Gasteiger partial charge in [0.2, 0.25) is 0 Å². The molecule has 0 bridgehead atoms. The lowest BCUT2D eigenvalue weighted by molar-refractivity contribution is 0.464. The Hall–Kier alpha value is -2.14. The monoisotopic (exact) mass is 266 g/mol. The second kappa shape index (κ2) is 8.12. The summed E-state index contributed by atoms with van der Waals surface area (Å²) in [6.07, 6.45) is 4.39. The van der Waals surface area contributed by atoms with Crippen molar-refractivity contribution in [3.8, 4) is 6.07 Å². The van der Waals surface area contributed by atoms with Gasteiger partial charge < -0.3 is 0 Å². The topological polar surface area (TPSA) is 36.1 Å². The maximum atomic E-state index is 9.01. The Labute approximate surface area is 122 Å². The Morgan fingerprint density at radius 3 is 2.50 bits per heavy atom. The minimum atomic E-state index is 0.184. The summed E-state index contributed by atoms with van der Waals surface area (Å²) in [5, 5.41) is 9.01. The van der Waals surface area contributed by atoms with Crippen LogP contribution >= 0.6 is 0 Å². The highest BCUT2D eigenvalue weighted by Crippen LogP contribution is 2.26. The maximum Gasteiger partial charge on any atom is 0.0628 e. The van der Waals surface area contributed by atoms with E-state index in [4.69, 9.17) is 5.26 Å². The smallest absolute Gasteiger partial charge is 0.0628 e. The van der Waals surface area contributed by atoms with Crippen LogP contribution in [0.3, 0.4) is 0 Å². The number of nitrogens with zero attached hydrogens (tertiary/aromatic N) is 2. The van der Waals surface area contributed by atoms with Gasteiger partial charge in [0.1, 0.15) is 0 Å². The molecule has 0 saturated carbocycles. The second-order valence-corrected chi connectivity index (χ2v) is 5.14. The summed E-state index contributed by atoms with van der Waals surface area (Å²) in [5.74, 6) is 0.576. The Balaban J connectivity index is 3.09. The van der Waals surface area contributed by atoms with Crippen molar-refractivity contribution in [3.63, 3.8) is 0 Å². The number of allylic oxidation sites excluding steroid dienone is 3. The van der Waals surface area contributed by atoms with Crippen LogP contribution in [0, 0.1) is 23.2 Å². The molecule has 2 heteroatoms. The normalized spacial score (nSPS) is 13.4. The fourth-order valence-corrected chi connectivity index (χ4v) is 2.16. The maximum absolute atomic E-state index is 9.01. The molecule has 0 N–H and O–H groups in total. The number of aliphatic imine (C=N–C) groups is 1. The predicted octanol–water partition coefficient (Wildman–Crippen LogP) is 4.51. The van der Waals surface area contributed by atoms with E-state index in [-0.39, 0.29) is 5.92 Å². The number of nitriles is 1. The van der Waals surface area contributed by atoms with Gasteiger partial charge in [0, 0.05) is 25.6 Å². The summed E-state index contributed by atoms with van der Waals surface area (Å²) in [6.45, 7) is 8.39. The van der Waals surface area contributed by atoms with Crippen LogP contribution in [-0.2, 0) is 0 Å². The molecule has 0 saturated heterocycles. The molecule has 0 aliphatic carbocycles. The third-order valence-corrected chi connectivity index (χ3v) is 3.31. The molecule has 1 aromatic rings. The average molecular weight is 266 g/mol. The van der Waals surface area contributed by atoms with Gasteiger partial charge >= 0.3 is 0 Å². The molecule has 0 spiro atoms. The van der Waals surface area contributed by atoms with Gasteiger partial charge in [-0.15, -0.1) is 0 Å². The molecule has 0 aromatic heterocycles. The molecule has 0 aliphatic rings. The highest BCUT2D eigenvalue weighted by atomic mass is 14.6. The molecule has 0 amide bonds. The van der Waals surface area contributed by atoms with Gasteiger partial charge in [-0.05, 0) is 28.7 Å². The van der Waals surface area contributed by atoms with E-state index >= 15 is 0 Å². The molecule has 0 fully saturated rings. The minimum Gasteiger partial charge on any atom is -0.296 e. The number of rotatable bonds is 6. The van der Waals surface area contributed by atoms with Crippen LogP contribution in [0.2, 0.25) is 0 Å². The predicted molar refractivity (Wildman–Crippen MR) is 86.5 cm³/mol. The van der Waals surface area contributed by atoms with E-state index in [1.807, 2.05) is 42.6 Å². The number of hydrogen-bond acceptors (Lipinski definition) is 2. The van der Waals surface area contributed by atoms with Crippen molar-refractivity contribution >= 4 is 11.8 Å². The molecule has 0 radical (unpaired) electrons. The largest absolute Gasteiger partial charge is 0.296 e. The first-order chi connectivity index (χ1) is 9.60. The van der Waals surface area contributed by atoms with Crippen LogP contribution in [0.25, 0.3) is 5.57 Å². The van der Waals surface area contributed by atoms with E-state index in [2.05, 4.69) is 31.5 Å². The quantitative estimate of drug-likeness (QED) is 0.551. The van der Waals surface area contributed by atoms with Crippen molar-refractivity contribution in [1.29, 1.82) is 5.26 Å². The van der Waals surface area contributed by atoms with Gasteiger partial charge in [-0.25, -0.2) is 0 Å². The van der Waals surface area contributed by atoms with Gasteiger partial charge in [-0.1, -0.05) is 50.8 Å². The lowest BCUT2D eigenvalue weighted by Crippen LogP contribution is -2.12. The lowest BCUT2D eigenvalue weighted by atomic mass is 9.85. The summed E-state index contributed by atoms with van der Waals surface area (Å²) >= 11 is 0. The van der Waals surface area contributed by atoms with Gasteiger partial charge in [0.15, 0.2) is 0 Å². The SMILES string of the molecule is C=C(/C=C(\C=N/C)C(CC#N)C(C)C)c1ccccc1. The second-order valence-electron chi connectivity index (χ2n) is 5.14. The Bertz CT molecular complexity index is 530. The fourth-order valence-electron chi connectivity index (χ4n) is 2.16. The summed E-state index contributed by atoms with van der Waals surface area (Å²) in [5.41, 5.74) is 3.11. The van der Waals surface area contributed by atoms with E-state index in [1.165, 1.54) is 0 Å². The molecule has 1 atom stereocenters. The van der Waals surface area contributed by atoms with Crippen molar-refractivity contribution in [2.24, 2.45) is 16.8 Å². The first-order valence-electron chi connectivity index (χ1n) is 6.85. The highest BCUT2D eigenvalue weighted by molar-refractivity contribution is 5.86. The summed E-state index contributed by atoms with van der Waals surface area (Å²) < 4.78 is 0. The van der Waals surface area contributed by atoms with Crippen molar-refractivity contribution in [2.45, 2.75) is 20.3 Å². The van der Waals surface area contributed by atoms with Crippen LogP contribution < -0.4 is 0 Å². The van der Waals surface area contributed by atoms with Crippen molar-refractivity contribution in [2.75, 3.05) is 7.05 Å². The van der Waals surface area contributed by atoms with Crippen LogP contribution in [0.1, 0.15) is 25.8 Å². The Morgan fingerprint density at radius 1 is 1.35 bits per heavy atom. The molecule has 1 rings (SSSR count). The van der Waals surface area contributed by atoms with Crippen LogP contribution in [0.4, 0.5) is 0 Å². The molecule has 2 nitrogen and oxygen atoms in total. The van der Waals surface area contributed by atoms with Crippen molar-refractivity contribution < 1.29 is 0 Å². The van der Waals surface area contributed by atoms with E-state index < -0.39 is 0 Å². The van der Waals surface area contributed by atoms with Gasteiger partial charge in [-0.3, -0.25) is 4.99 Å². The minimum absolute atomic E-state index is 0.184. The van der Waals surface area contributed by atoms with E-state index in [0.29, 0.717) is 12.3 Å². The zero-order valence-corrected chi connectivity index (χ0v) is 12.5. The molecule has 1 aromatic carbocycles. The zero-order chi connectivity index (χ0) is 15.0. The Morgan fingerprint density at radius 2 is 2.00 bits per heavy atom. The van der Waals surface area contributed by atoms with Gasteiger partial charge in [0.25, 0.3) is 0 Å². The highest BCUT2D eigenvalue weighted by Gasteiger charge is 2.17. The first-order valence-corrected chi connectivity index (χ1v) is 6.85. The number of hydrogen-bond donors (Lipinski definition) is 0. The summed E-state index contributed by atoms with van der Waals surface area (Å²) in [4.78, 5) is 4.12. The summed E-state index contributed by atoms with van der Waals surface area (Å²) in [6, 6.07) is 12.3. The molecule has 20 heavy (non-hydrogen) atoms. The van der Waals surface area contributed by atoms with Crippen LogP contribution in [0.15, 0.2) is 53.6 Å². The van der Waals surface area contributed by atoms with Crippen molar-refractivity contribution in [1.82, 2.24) is 0 Å². The molecule has 1 unspecified atom stereocenters. The third-order valence-electron chi connectivity index (χ3n) is 3.31. The van der Waals surface area contributed by atoms with E-state index in [0.717, 1.165) is 16.7 Å². The standard InChI is InChI=1S/C18H22N2/c1-14(2)18(10-11-19)17(13-20-4)12-15(3)16-8-6-5-7-9-16/h5-9,12-14,18H,3,10H2,1-2,4H3/b17-12+,20-13-. The molecular formula is C18H22N2. The average Bonchev–Trinajstić information content (AvgIpc) is 2.45. The van der Waals surface area contributed by atoms with E-state index in [9.17, 15) is 0 Å². The van der Waals surface area contributed by atoms with Crippen LogP contribution in [-0.4, -0.2) is 13.3 Å². The number of benzene rings is 1. The molecule has 0 heterocycles. The van der Waals surface area contributed by atoms with Crippen molar-refractivity contribution in [3.05, 3.63) is 54.1 Å². The van der Waals surface area contributed by atoms with Crippen LogP contribution in [0.5, 0.6) is 0 Å². The van der Waals surface area contributed by atoms with E-state index in [1.54, 1.807) is 7.05 Å². The first kappa shape index (κ1) is 15.9. The molecular weight excluding hydrogens is 244 g/mol. The fraction of sp³-hybridized carbons (Fsp3) is 0.333. The molecule has 104 valence electrons. The molecule has 0 aliphatic heterocycles. The van der Waals surface area contributed by atoms with Gasteiger partial charge in [-0.2, -0.15) is 5.26 Å². The van der Waals surface area contributed by atoms with Gasteiger partial charge in [0.05, 0.1) is 6.07 Å². The zero-order valence-electron chi connectivity index (χ0n) is 12.5. The summed E-state index contributed by atoms with van der Waals surface area (Å²) in [7, 11) is 1.75. The Kier molecular flexibility index (Phi) is 6.46. The third kappa shape index (κ3) is 4.51. The lowest BCUT2D eigenvalue weighted by Gasteiger charge is -2.19.